The summed E-state index contributed by atoms with van der Waals surface area (Å²) in [5, 5.41) is 0. The second-order valence-electron chi connectivity index (χ2n) is 21.3. The zero-order chi connectivity index (χ0) is 56.2. The molecule has 0 N–H and O–H groups in total. The summed E-state index contributed by atoms with van der Waals surface area (Å²) in [4.78, 5) is 0. The highest BCUT2D eigenvalue weighted by atomic mass is 79.9. The van der Waals surface area contributed by atoms with E-state index in [1.54, 1.807) is 0 Å². The van der Waals surface area contributed by atoms with E-state index in [4.69, 9.17) is 18.9 Å². The fourth-order valence-corrected chi connectivity index (χ4v) is 15.4. The van der Waals surface area contributed by atoms with Gasteiger partial charge in [0.2, 0.25) is 0 Å². The monoisotopic (exact) mass is 1290 g/mol. The fourth-order valence-electron chi connectivity index (χ4n) is 10.1. The number of rotatable bonds is 0. The molecule has 14 aliphatic heterocycles. The number of thioether (sulfide) groups is 4. The van der Waals surface area contributed by atoms with Gasteiger partial charge < -0.3 is 18.9 Å². The minimum atomic E-state index is -0.737. The van der Waals surface area contributed by atoms with E-state index >= 15 is 0 Å². The lowest BCUT2D eigenvalue weighted by atomic mass is 9.92. The van der Waals surface area contributed by atoms with Crippen molar-refractivity contribution in [2.24, 2.45) is 5.41 Å². The van der Waals surface area contributed by atoms with E-state index in [0.29, 0.717) is 26.4 Å². The molecule has 416 valence electrons. The normalized spacial score (nSPS) is 15.1. The molecule has 10 aromatic carbocycles. The SMILES string of the molecule is Brc1c2cccc1-c1ccc(cc1)CSCc1ccc(cc1)OCC1(COc3ccc(cc3)CSCc3ccc-2cc3)COc2ccc(cc2)CSCc2ccc(cc2)-c2cccc(c2Br)-c2ccc(cc2)CSCc2ccc(cc2)OC1. The summed E-state index contributed by atoms with van der Waals surface area (Å²) >= 11 is 15.6. The van der Waals surface area contributed by atoms with E-state index in [2.05, 4.69) is 262 Å². The highest BCUT2D eigenvalue weighted by Crippen LogP contribution is 2.40. The third kappa shape index (κ3) is 15.0. The molecule has 0 saturated heterocycles. The summed E-state index contributed by atoms with van der Waals surface area (Å²) in [5.41, 5.74) is 19.0. The van der Waals surface area contributed by atoms with Gasteiger partial charge in [-0.05, 0) is 169 Å². The van der Waals surface area contributed by atoms with Crippen molar-refractivity contribution in [1.29, 1.82) is 0 Å². The third-order valence-corrected chi connectivity index (χ3v) is 21.1. The average molecular weight is 1290 g/mol. The molecule has 0 aliphatic carbocycles. The maximum Gasteiger partial charge on any atom is 0.119 e. The summed E-state index contributed by atoms with van der Waals surface area (Å²) in [6.45, 7) is 1.18. The van der Waals surface area contributed by atoms with Gasteiger partial charge in [-0.2, -0.15) is 47.0 Å². The highest BCUT2D eigenvalue weighted by Gasteiger charge is 2.36. The average Bonchev–Trinajstić information content (AvgIpc) is 3.54. The molecule has 4 nitrogen and oxygen atoms in total. The van der Waals surface area contributed by atoms with Crippen LogP contribution in [-0.4, -0.2) is 26.4 Å². The molecule has 10 heteroatoms. The van der Waals surface area contributed by atoms with Gasteiger partial charge in [0.05, 0.1) is 0 Å². The standard InChI is InChI=1S/C73H62Br2O4S4/c74-71-67-3-1-4-68(71)60-25-9-52(10-26-60)40-81-44-56-17-33-64(34-18-56)77-48-73(47-76-63-31-15-55(16-32-63)43-80-39-51-7-23-59(67)24-8-51)49-78-65-35-19-57(20-36-65)45-82-41-53-11-27-61(28-12-53)69-5-2-6-70(72(69)75)62-29-13-54(14-30-62)42-83-46-58-21-37-66(38-22-58)79-50-73/h1-38H,39-50H2. The molecule has 14 aliphatic rings. The number of halogens is 2. The van der Waals surface area contributed by atoms with Gasteiger partial charge in [0.25, 0.3) is 0 Å². The van der Waals surface area contributed by atoms with Gasteiger partial charge in [-0.25, -0.2) is 0 Å². The van der Waals surface area contributed by atoms with Crippen LogP contribution in [0, 0.1) is 5.41 Å². The van der Waals surface area contributed by atoms with Crippen molar-refractivity contribution in [2.45, 2.75) is 46.0 Å². The van der Waals surface area contributed by atoms with Gasteiger partial charge in [-0.3, -0.25) is 0 Å². The molecular formula is C73H62Br2O4S4. The van der Waals surface area contributed by atoms with Crippen LogP contribution in [0.25, 0.3) is 44.5 Å². The zero-order valence-corrected chi connectivity index (χ0v) is 52.4. The van der Waals surface area contributed by atoms with E-state index in [-0.39, 0.29) is 0 Å². The Balaban J connectivity index is 0.800. The van der Waals surface area contributed by atoms with Crippen molar-refractivity contribution < 1.29 is 18.9 Å². The molecule has 10 aromatic rings. The maximum absolute atomic E-state index is 6.80. The van der Waals surface area contributed by atoms with Crippen molar-refractivity contribution in [1.82, 2.24) is 0 Å². The first-order valence-electron chi connectivity index (χ1n) is 28.0. The van der Waals surface area contributed by atoms with Crippen LogP contribution < -0.4 is 18.9 Å². The van der Waals surface area contributed by atoms with Crippen molar-refractivity contribution in [2.75, 3.05) is 26.4 Å². The molecule has 1 spiro atoms. The van der Waals surface area contributed by atoms with E-state index in [0.717, 1.165) is 78.0 Å². The summed E-state index contributed by atoms with van der Waals surface area (Å²) in [5.74, 6) is 10.3. The predicted octanol–water partition coefficient (Wildman–Crippen LogP) is 20.8. The summed E-state index contributed by atoms with van der Waals surface area (Å²) in [7, 11) is 0. The zero-order valence-electron chi connectivity index (χ0n) is 45.9. The van der Waals surface area contributed by atoms with Crippen LogP contribution in [0.3, 0.4) is 0 Å². The first kappa shape index (κ1) is 57.2. The lowest BCUT2D eigenvalue weighted by molar-refractivity contribution is -0.00353. The van der Waals surface area contributed by atoms with Crippen molar-refractivity contribution in [3.8, 4) is 67.5 Å². The number of hydrogen-bond acceptors (Lipinski definition) is 8. The predicted molar refractivity (Wildman–Crippen MR) is 360 cm³/mol. The van der Waals surface area contributed by atoms with Crippen molar-refractivity contribution >= 4 is 78.9 Å². The minimum Gasteiger partial charge on any atom is -0.493 e. The summed E-state index contributed by atoms with van der Waals surface area (Å²) in [6, 6.07) is 83.2. The lowest BCUT2D eigenvalue weighted by Crippen LogP contribution is -2.45. The van der Waals surface area contributed by atoms with Crippen LogP contribution in [0.2, 0.25) is 0 Å². The molecule has 14 heterocycles. The quantitative estimate of drug-likeness (QED) is 0.149. The Labute approximate surface area is 522 Å². The molecule has 0 radical (unpaired) electrons. The Morgan fingerprint density at radius 1 is 0.241 bits per heavy atom. The topological polar surface area (TPSA) is 36.9 Å². The molecular weight excluding hydrogens is 1230 g/mol. The van der Waals surface area contributed by atoms with Crippen LogP contribution in [0.1, 0.15) is 44.5 Å². The molecule has 0 amide bonds. The second-order valence-corrected chi connectivity index (χ2v) is 26.9. The van der Waals surface area contributed by atoms with Gasteiger partial charge in [0, 0.05) is 55.0 Å². The first-order valence-corrected chi connectivity index (χ1v) is 34.2. The fraction of sp³-hybridized carbons (Fsp3) is 0.178. The van der Waals surface area contributed by atoms with Gasteiger partial charge in [-0.15, -0.1) is 0 Å². The minimum absolute atomic E-state index is 0.294. The van der Waals surface area contributed by atoms with Gasteiger partial charge in [0.1, 0.15) is 54.8 Å². The lowest BCUT2D eigenvalue weighted by Gasteiger charge is -2.33. The molecule has 0 fully saturated rings. The van der Waals surface area contributed by atoms with E-state index in [1.807, 2.05) is 47.0 Å². The largest absolute Gasteiger partial charge is 0.493 e. The summed E-state index contributed by atoms with van der Waals surface area (Å²) in [6.07, 6.45) is 0. The number of ether oxygens (including phenoxy) is 4. The van der Waals surface area contributed by atoms with Crippen molar-refractivity contribution in [3.63, 3.8) is 0 Å². The van der Waals surface area contributed by atoms with Crippen molar-refractivity contribution in [3.05, 3.63) is 284 Å². The third-order valence-electron chi connectivity index (χ3n) is 15.1. The first-order chi connectivity index (χ1) is 40.8. The van der Waals surface area contributed by atoms with Crippen LogP contribution in [-0.2, 0) is 46.0 Å². The number of benzene rings is 10. The van der Waals surface area contributed by atoms with E-state index < -0.39 is 5.41 Å². The second kappa shape index (κ2) is 27.6. The van der Waals surface area contributed by atoms with Gasteiger partial charge in [0.15, 0.2) is 0 Å². The molecule has 0 aromatic heterocycles. The van der Waals surface area contributed by atoms with Gasteiger partial charge >= 0.3 is 0 Å². The Morgan fingerprint density at radius 2 is 0.422 bits per heavy atom. The smallest absolute Gasteiger partial charge is 0.119 e. The van der Waals surface area contributed by atoms with Crippen LogP contribution in [0.15, 0.2) is 239 Å². The molecule has 20 bridgehead atoms. The van der Waals surface area contributed by atoms with Crippen LogP contribution >= 0.6 is 78.9 Å². The van der Waals surface area contributed by atoms with Crippen LogP contribution in [0.5, 0.6) is 23.0 Å². The Kier molecular flexibility index (Phi) is 19.1. The van der Waals surface area contributed by atoms with Crippen LogP contribution in [0.4, 0.5) is 0 Å². The Hall–Kier alpha value is -6.24. The van der Waals surface area contributed by atoms with E-state index in [1.165, 1.54) is 89.0 Å². The maximum atomic E-state index is 6.80. The Morgan fingerprint density at radius 3 is 0.614 bits per heavy atom. The molecule has 0 unspecified atom stereocenters. The van der Waals surface area contributed by atoms with E-state index in [9.17, 15) is 0 Å². The molecule has 83 heavy (non-hydrogen) atoms. The highest BCUT2D eigenvalue weighted by molar-refractivity contribution is 9.11. The molecule has 0 saturated carbocycles. The molecule has 0 atom stereocenters. The number of hydrogen-bond donors (Lipinski definition) is 0. The van der Waals surface area contributed by atoms with Gasteiger partial charge in [-0.1, -0.05) is 182 Å². The summed E-state index contributed by atoms with van der Waals surface area (Å²) < 4.78 is 29.4. The Bertz CT molecular complexity index is 3240. The molecule has 24 rings (SSSR count).